The van der Waals surface area contributed by atoms with Gasteiger partial charge in [-0.3, -0.25) is 14.4 Å². The molecule has 1 amide bonds. The summed E-state index contributed by atoms with van der Waals surface area (Å²) >= 11 is 0. The Balaban J connectivity index is 1.31. The minimum atomic E-state index is 0.0787. The van der Waals surface area contributed by atoms with E-state index in [9.17, 15) is 4.79 Å². The Bertz CT molecular complexity index is 970. The first-order valence-corrected chi connectivity index (χ1v) is 9.94. The highest BCUT2D eigenvalue weighted by Crippen LogP contribution is 2.20. The Kier molecular flexibility index (Phi) is 4.44. The minimum Gasteiger partial charge on any atom is -0.337 e. The summed E-state index contributed by atoms with van der Waals surface area (Å²) in [5, 5.41) is 4.58. The van der Waals surface area contributed by atoms with E-state index in [0.29, 0.717) is 5.69 Å². The first kappa shape index (κ1) is 17.2. The summed E-state index contributed by atoms with van der Waals surface area (Å²) in [7, 11) is 0. The first-order valence-electron chi connectivity index (χ1n) is 9.94. The summed E-state index contributed by atoms with van der Waals surface area (Å²) in [5.74, 6) is 1.01. The molecule has 0 N–H and O–H groups in total. The number of pyridine rings is 1. The topological polar surface area (TPSA) is 59.2 Å². The van der Waals surface area contributed by atoms with E-state index in [0.717, 1.165) is 63.6 Å². The van der Waals surface area contributed by atoms with Gasteiger partial charge in [0.05, 0.1) is 12.2 Å². The molecule has 0 unspecified atom stereocenters. The van der Waals surface area contributed by atoms with Crippen LogP contribution in [0.5, 0.6) is 0 Å². The Morgan fingerprint density at radius 3 is 2.75 bits per heavy atom. The summed E-state index contributed by atoms with van der Waals surface area (Å²) in [6, 6.07) is 12.1. The van der Waals surface area contributed by atoms with Gasteiger partial charge < -0.3 is 9.47 Å². The maximum absolute atomic E-state index is 12.6. The van der Waals surface area contributed by atoms with Crippen LogP contribution in [0.1, 0.15) is 34.7 Å². The molecule has 1 fully saturated rings. The van der Waals surface area contributed by atoms with E-state index in [2.05, 4.69) is 37.9 Å². The molecule has 3 aromatic rings. The van der Waals surface area contributed by atoms with Gasteiger partial charge in [0, 0.05) is 50.8 Å². The lowest BCUT2D eigenvalue weighted by atomic mass is 10.2. The lowest BCUT2D eigenvalue weighted by Gasteiger charge is -2.27. The second kappa shape index (κ2) is 7.24. The van der Waals surface area contributed by atoms with Crippen LogP contribution < -0.4 is 0 Å². The van der Waals surface area contributed by atoms with Crippen LogP contribution >= 0.6 is 0 Å². The van der Waals surface area contributed by atoms with Crippen molar-refractivity contribution >= 4 is 5.91 Å². The molecular formula is C21H24N6O. The van der Waals surface area contributed by atoms with Crippen molar-refractivity contribution in [3.8, 4) is 5.82 Å². The van der Waals surface area contributed by atoms with Gasteiger partial charge in [-0.15, -0.1) is 0 Å². The van der Waals surface area contributed by atoms with Crippen LogP contribution in [-0.4, -0.2) is 54.7 Å². The minimum absolute atomic E-state index is 0.0787. The van der Waals surface area contributed by atoms with E-state index in [-0.39, 0.29) is 5.91 Å². The summed E-state index contributed by atoms with van der Waals surface area (Å²) in [6.07, 6.45) is 6.07. The first-order chi connectivity index (χ1) is 13.8. The summed E-state index contributed by atoms with van der Waals surface area (Å²) < 4.78 is 4.13. The number of likely N-dealkylation sites (tertiary alicyclic amines) is 1. The second-order valence-corrected chi connectivity index (χ2v) is 7.51. The van der Waals surface area contributed by atoms with Crippen LogP contribution in [0.25, 0.3) is 5.82 Å². The fourth-order valence-corrected chi connectivity index (χ4v) is 4.14. The van der Waals surface area contributed by atoms with Crippen LogP contribution in [0, 0.1) is 0 Å². The van der Waals surface area contributed by atoms with Crippen molar-refractivity contribution in [2.45, 2.75) is 32.5 Å². The molecular weight excluding hydrogens is 352 g/mol. The molecule has 28 heavy (non-hydrogen) atoms. The standard InChI is InChI=1S/C21H24N6O/c28-21(25-9-3-4-10-25)19-14-18-16-24(12-13-27(18)23-19)15-17-6-5-11-26(17)20-7-1-2-8-22-20/h1-2,5-8,11,14H,3-4,9-10,12-13,15-16H2. The molecule has 2 aliphatic rings. The van der Waals surface area contributed by atoms with Crippen LogP contribution in [0.2, 0.25) is 0 Å². The summed E-state index contributed by atoms with van der Waals surface area (Å²) in [6.45, 7) is 5.08. The number of hydrogen-bond acceptors (Lipinski definition) is 4. The van der Waals surface area contributed by atoms with Crippen LogP contribution in [0.15, 0.2) is 48.8 Å². The van der Waals surface area contributed by atoms with Gasteiger partial charge in [0.25, 0.3) is 5.91 Å². The number of aromatic nitrogens is 4. The highest BCUT2D eigenvalue weighted by atomic mass is 16.2. The third-order valence-electron chi connectivity index (χ3n) is 5.60. The molecule has 0 aromatic carbocycles. The molecule has 0 bridgehead atoms. The zero-order valence-corrected chi connectivity index (χ0v) is 15.9. The maximum atomic E-state index is 12.6. The highest BCUT2D eigenvalue weighted by Gasteiger charge is 2.25. The highest BCUT2D eigenvalue weighted by molar-refractivity contribution is 5.92. The third kappa shape index (κ3) is 3.22. The molecule has 7 heteroatoms. The lowest BCUT2D eigenvalue weighted by molar-refractivity contribution is 0.0786. The van der Waals surface area contributed by atoms with Gasteiger partial charge in [0.2, 0.25) is 0 Å². The molecule has 5 heterocycles. The normalized spacial score (nSPS) is 17.1. The Morgan fingerprint density at radius 1 is 1.04 bits per heavy atom. The van der Waals surface area contributed by atoms with E-state index >= 15 is 0 Å². The molecule has 1 saturated heterocycles. The number of fused-ring (bicyclic) bond motifs is 1. The van der Waals surface area contributed by atoms with Gasteiger partial charge in [-0.05, 0) is 43.2 Å². The molecule has 0 aliphatic carbocycles. The van der Waals surface area contributed by atoms with E-state index in [4.69, 9.17) is 0 Å². The zero-order chi connectivity index (χ0) is 18.9. The maximum Gasteiger partial charge on any atom is 0.274 e. The zero-order valence-electron chi connectivity index (χ0n) is 15.9. The van der Waals surface area contributed by atoms with Crippen LogP contribution in [0.4, 0.5) is 0 Å². The van der Waals surface area contributed by atoms with Gasteiger partial charge in [-0.25, -0.2) is 4.98 Å². The lowest BCUT2D eigenvalue weighted by Crippen LogP contribution is -2.34. The Morgan fingerprint density at radius 2 is 1.93 bits per heavy atom. The molecule has 0 radical (unpaired) electrons. The molecule has 7 nitrogen and oxygen atoms in total. The average Bonchev–Trinajstić information content (AvgIpc) is 3.48. The smallest absolute Gasteiger partial charge is 0.274 e. The Hall–Kier alpha value is -2.93. The van der Waals surface area contributed by atoms with Crippen molar-refractivity contribution in [1.29, 1.82) is 0 Å². The SMILES string of the molecule is O=C(c1cc2n(n1)CCN(Cc1cccn1-c1ccccn1)C2)N1CCCC1. The van der Waals surface area contributed by atoms with Crippen molar-refractivity contribution in [3.05, 3.63) is 65.9 Å². The van der Waals surface area contributed by atoms with E-state index in [1.165, 1.54) is 5.69 Å². The number of carbonyl (C=O) groups is 1. The molecule has 3 aromatic heterocycles. The van der Waals surface area contributed by atoms with Gasteiger partial charge in [-0.2, -0.15) is 5.10 Å². The molecule has 144 valence electrons. The van der Waals surface area contributed by atoms with Crippen molar-refractivity contribution in [2.24, 2.45) is 0 Å². The predicted octanol–water partition coefficient (Wildman–Crippen LogP) is 2.32. The molecule has 0 spiro atoms. The fourth-order valence-electron chi connectivity index (χ4n) is 4.14. The van der Waals surface area contributed by atoms with Crippen molar-refractivity contribution in [3.63, 3.8) is 0 Å². The number of carbonyl (C=O) groups excluding carboxylic acids is 1. The summed E-state index contributed by atoms with van der Waals surface area (Å²) in [5.41, 5.74) is 2.92. The number of hydrogen-bond donors (Lipinski definition) is 0. The van der Waals surface area contributed by atoms with E-state index in [1.807, 2.05) is 40.0 Å². The van der Waals surface area contributed by atoms with Crippen LogP contribution in [0.3, 0.4) is 0 Å². The quantitative estimate of drug-likeness (QED) is 0.701. The molecule has 0 atom stereocenters. The van der Waals surface area contributed by atoms with Crippen molar-refractivity contribution < 1.29 is 4.79 Å². The Labute approximate surface area is 164 Å². The second-order valence-electron chi connectivity index (χ2n) is 7.51. The van der Waals surface area contributed by atoms with Crippen LogP contribution in [-0.2, 0) is 19.6 Å². The molecule has 2 aliphatic heterocycles. The third-order valence-corrected chi connectivity index (χ3v) is 5.60. The average molecular weight is 376 g/mol. The predicted molar refractivity (Wildman–Crippen MR) is 105 cm³/mol. The molecule has 5 rings (SSSR count). The fraction of sp³-hybridized carbons (Fsp3) is 0.381. The van der Waals surface area contributed by atoms with Gasteiger partial charge in [-0.1, -0.05) is 6.07 Å². The van der Waals surface area contributed by atoms with Crippen molar-refractivity contribution in [1.82, 2.24) is 29.1 Å². The summed E-state index contributed by atoms with van der Waals surface area (Å²) in [4.78, 5) is 21.4. The van der Waals surface area contributed by atoms with E-state index < -0.39 is 0 Å². The number of nitrogens with zero attached hydrogens (tertiary/aromatic N) is 6. The monoisotopic (exact) mass is 376 g/mol. The number of amides is 1. The van der Waals surface area contributed by atoms with Gasteiger partial charge in [0.1, 0.15) is 5.82 Å². The number of rotatable bonds is 4. The van der Waals surface area contributed by atoms with E-state index in [1.54, 1.807) is 0 Å². The van der Waals surface area contributed by atoms with Gasteiger partial charge in [0.15, 0.2) is 5.69 Å². The largest absolute Gasteiger partial charge is 0.337 e. The molecule has 0 saturated carbocycles. The van der Waals surface area contributed by atoms with Crippen molar-refractivity contribution in [2.75, 3.05) is 19.6 Å². The van der Waals surface area contributed by atoms with Gasteiger partial charge >= 0.3 is 0 Å².